The molecule has 0 saturated carbocycles. The van der Waals surface area contributed by atoms with Crippen LogP contribution in [-0.2, 0) is 6.54 Å². The fourth-order valence-corrected chi connectivity index (χ4v) is 3.50. The van der Waals surface area contributed by atoms with E-state index in [0.29, 0.717) is 5.39 Å². The number of pyridine rings is 2. The average molecular weight is 319 g/mol. The van der Waals surface area contributed by atoms with Gasteiger partial charge < -0.3 is 4.98 Å². The van der Waals surface area contributed by atoms with Gasteiger partial charge in [-0.25, -0.2) is 0 Å². The molecular formula is C20H21N3O. The maximum absolute atomic E-state index is 11.9. The number of nitrogens with one attached hydrogen (secondary N) is 1. The SMILES string of the molecule is O=c1[nH]cc(-c2ccc(CN3CCCCC3)cc2)c2cnccc12. The van der Waals surface area contributed by atoms with Gasteiger partial charge in [-0.15, -0.1) is 0 Å². The highest BCUT2D eigenvalue weighted by atomic mass is 16.1. The molecule has 1 aliphatic rings. The van der Waals surface area contributed by atoms with Crippen LogP contribution in [0.2, 0.25) is 0 Å². The minimum Gasteiger partial charge on any atom is -0.328 e. The van der Waals surface area contributed by atoms with E-state index >= 15 is 0 Å². The highest BCUT2D eigenvalue weighted by molar-refractivity contribution is 5.94. The number of rotatable bonds is 3. The van der Waals surface area contributed by atoms with Gasteiger partial charge in [0.05, 0.1) is 5.39 Å². The molecule has 4 heteroatoms. The van der Waals surface area contributed by atoms with Gasteiger partial charge in [0.25, 0.3) is 5.56 Å². The van der Waals surface area contributed by atoms with Crippen molar-refractivity contribution in [3.8, 4) is 11.1 Å². The van der Waals surface area contributed by atoms with Crippen molar-refractivity contribution < 1.29 is 0 Å². The number of aromatic amines is 1. The molecule has 0 unspecified atom stereocenters. The van der Waals surface area contributed by atoms with Crippen LogP contribution >= 0.6 is 0 Å². The Morgan fingerprint density at radius 1 is 1.00 bits per heavy atom. The first-order chi connectivity index (χ1) is 11.8. The fourth-order valence-electron chi connectivity index (χ4n) is 3.50. The second-order valence-corrected chi connectivity index (χ2v) is 6.49. The number of aromatic nitrogens is 2. The molecule has 122 valence electrons. The molecule has 2 aromatic heterocycles. The Morgan fingerprint density at radius 3 is 2.58 bits per heavy atom. The van der Waals surface area contributed by atoms with Crippen LogP contribution in [-0.4, -0.2) is 28.0 Å². The van der Waals surface area contributed by atoms with Crippen LogP contribution in [0, 0.1) is 0 Å². The maximum atomic E-state index is 11.9. The second kappa shape index (κ2) is 6.57. The molecule has 0 radical (unpaired) electrons. The van der Waals surface area contributed by atoms with Crippen molar-refractivity contribution in [3.63, 3.8) is 0 Å². The van der Waals surface area contributed by atoms with Crippen molar-refractivity contribution in [2.45, 2.75) is 25.8 Å². The summed E-state index contributed by atoms with van der Waals surface area (Å²) in [5.74, 6) is 0. The van der Waals surface area contributed by atoms with E-state index in [2.05, 4.69) is 39.1 Å². The van der Waals surface area contributed by atoms with Crippen molar-refractivity contribution in [1.29, 1.82) is 0 Å². The largest absolute Gasteiger partial charge is 0.328 e. The van der Waals surface area contributed by atoms with Crippen molar-refractivity contribution in [2.24, 2.45) is 0 Å². The fraction of sp³-hybridized carbons (Fsp3) is 0.300. The third kappa shape index (κ3) is 2.97. The summed E-state index contributed by atoms with van der Waals surface area (Å²) in [7, 11) is 0. The van der Waals surface area contributed by atoms with Crippen molar-refractivity contribution >= 4 is 10.8 Å². The zero-order chi connectivity index (χ0) is 16.4. The highest BCUT2D eigenvalue weighted by Gasteiger charge is 2.11. The van der Waals surface area contributed by atoms with Crippen LogP contribution < -0.4 is 5.56 Å². The summed E-state index contributed by atoms with van der Waals surface area (Å²) in [4.78, 5) is 21.5. The van der Waals surface area contributed by atoms with E-state index in [1.165, 1.54) is 37.9 Å². The molecular weight excluding hydrogens is 298 g/mol. The molecule has 1 N–H and O–H groups in total. The summed E-state index contributed by atoms with van der Waals surface area (Å²) in [6.45, 7) is 3.43. The van der Waals surface area contributed by atoms with Gasteiger partial charge >= 0.3 is 0 Å². The lowest BCUT2D eigenvalue weighted by Crippen LogP contribution is -2.28. The maximum Gasteiger partial charge on any atom is 0.255 e. The van der Waals surface area contributed by atoms with Crippen molar-refractivity contribution in [3.05, 3.63) is 64.8 Å². The molecule has 24 heavy (non-hydrogen) atoms. The monoisotopic (exact) mass is 319 g/mol. The molecule has 3 heterocycles. The van der Waals surface area contributed by atoms with Gasteiger partial charge in [0.15, 0.2) is 0 Å². The Bertz CT molecular complexity index is 893. The first-order valence-electron chi connectivity index (χ1n) is 8.58. The smallest absolute Gasteiger partial charge is 0.255 e. The molecule has 3 aromatic rings. The Labute approximate surface area is 141 Å². The lowest BCUT2D eigenvalue weighted by Gasteiger charge is -2.26. The molecule has 0 aliphatic carbocycles. The van der Waals surface area contributed by atoms with E-state index in [1.54, 1.807) is 24.7 Å². The van der Waals surface area contributed by atoms with E-state index in [-0.39, 0.29) is 5.56 Å². The molecule has 0 atom stereocenters. The Hall–Kier alpha value is -2.46. The minimum atomic E-state index is -0.0714. The van der Waals surface area contributed by atoms with Gasteiger partial charge in [-0.2, -0.15) is 0 Å². The molecule has 1 aromatic carbocycles. The van der Waals surface area contributed by atoms with E-state index in [1.807, 2.05) is 0 Å². The molecule has 0 spiro atoms. The van der Waals surface area contributed by atoms with Gasteiger partial charge in [-0.05, 0) is 43.1 Å². The predicted octanol–water partition coefficient (Wildman–Crippen LogP) is 3.58. The van der Waals surface area contributed by atoms with Crippen LogP contribution in [0.25, 0.3) is 21.9 Å². The molecule has 4 rings (SSSR count). The molecule has 1 saturated heterocycles. The first kappa shape index (κ1) is 15.1. The molecule has 0 amide bonds. The number of fused-ring (bicyclic) bond motifs is 1. The predicted molar refractivity (Wildman–Crippen MR) is 96.9 cm³/mol. The lowest BCUT2D eigenvalue weighted by atomic mass is 10.0. The number of piperidine rings is 1. The number of likely N-dealkylation sites (tertiary alicyclic amines) is 1. The normalized spacial score (nSPS) is 15.7. The van der Waals surface area contributed by atoms with Gasteiger partial charge in [-0.3, -0.25) is 14.7 Å². The Kier molecular flexibility index (Phi) is 4.13. The number of hydrogen-bond acceptors (Lipinski definition) is 3. The zero-order valence-corrected chi connectivity index (χ0v) is 13.7. The zero-order valence-electron chi connectivity index (χ0n) is 13.7. The molecule has 4 nitrogen and oxygen atoms in total. The van der Waals surface area contributed by atoms with E-state index in [4.69, 9.17) is 0 Å². The minimum absolute atomic E-state index is 0.0714. The summed E-state index contributed by atoms with van der Waals surface area (Å²) in [5, 5.41) is 1.57. The summed E-state index contributed by atoms with van der Waals surface area (Å²) >= 11 is 0. The summed E-state index contributed by atoms with van der Waals surface area (Å²) in [5.41, 5.74) is 3.39. The summed E-state index contributed by atoms with van der Waals surface area (Å²) in [6.07, 6.45) is 9.20. The average Bonchev–Trinajstić information content (AvgIpc) is 2.64. The Morgan fingerprint density at radius 2 is 1.79 bits per heavy atom. The number of H-pyrrole nitrogens is 1. The quantitative estimate of drug-likeness (QED) is 0.803. The van der Waals surface area contributed by atoms with Crippen LogP contribution in [0.4, 0.5) is 0 Å². The van der Waals surface area contributed by atoms with Gasteiger partial charge in [0.2, 0.25) is 0 Å². The van der Waals surface area contributed by atoms with E-state index in [9.17, 15) is 4.79 Å². The number of hydrogen-bond donors (Lipinski definition) is 1. The standard InChI is InChI=1S/C20H21N3O/c24-20-17-8-9-21-12-19(17)18(13-22-20)16-6-4-15(5-7-16)14-23-10-2-1-3-11-23/h4-9,12-13H,1-3,10-11,14H2,(H,22,24). The highest BCUT2D eigenvalue weighted by Crippen LogP contribution is 2.26. The van der Waals surface area contributed by atoms with E-state index < -0.39 is 0 Å². The van der Waals surface area contributed by atoms with Gasteiger partial charge in [0, 0.05) is 36.1 Å². The van der Waals surface area contributed by atoms with Gasteiger partial charge in [0.1, 0.15) is 0 Å². The van der Waals surface area contributed by atoms with Gasteiger partial charge in [-0.1, -0.05) is 30.7 Å². The van der Waals surface area contributed by atoms with Crippen LogP contribution in [0.1, 0.15) is 24.8 Å². The second-order valence-electron chi connectivity index (χ2n) is 6.49. The van der Waals surface area contributed by atoms with Crippen LogP contribution in [0.5, 0.6) is 0 Å². The third-order valence-electron chi connectivity index (χ3n) is 4.82. The summed E-state index contributed by atoms with van der Waals surface area (Å²) in [6, 6.07) is 10.4. The summed E-state index contributed by atoms with van der Waals surface area (Å²) < 4.78 is 0. The van der Waals surface area contributed by atoms with Crippen LogP contribution in [0.15, 0.2) is 53.7 Å². The topological polar surface area (TPSA) is 49.0 Å². The number of benzene rings is 1. The molecule has 1 fully saturated rings. The van der Waals surface area contributed by atoms with Crippen molar-refractivity contribution in [1.82, 2.24) is 14.9 Å². The third-order valence-corrected chi connectivity index (χ3v) is 4.82. The lowest BCUT2D eigenvalue weighted by molar-refractivity contribution is 0.221. The number of nitrogens with zero attached hydrogens (tertiary/aromatic N) is 2. The molecule has 0 bridgehead atoms. The van der Waals surface area contributed by atoms with E-state index in [0.717, 1.165) is 23.1 Å². The Balaban J connectivity index is 1.63. The van der Waals surface area contributed by atoms with Crippen molar-refractivity contribution in [2.75, 3.05) is 13.1 Å². The van der Waals surface area contributed by atoms with Crippen LogP contribution in [0.3, 0.4) is 0 Å². The molecule has 1 aliphatic heterocycles. The first-order valence-corrected chi connectivity index (χ1v) is 8.58.